The van der Waals surface area contributed by atoms with Crippen molar-refractivity contribution in [2.75, 3.05) is 13.1 Å². The van der Waals surface area contributed by atoms with Gasteiger partial charge in [-0.1, -0.05) is 63.5 Å². The molecule has 6 heteroatoms. The molecule has 0 aliphatic carbocycles. The molecule has 1 amide bonds. The summed E-state index contributed by atoms with van der Waals surface area (Å²) in [6, 6.07) is 0. The number of allylic oxidation sites excluding steroid dienone is 8. The Balaban J connectivity index is 5.99. The first-order chi connectivity index (χ1) is 13.3. The zero-order valence-electron chi connectivity index (χ0n) is 17.3. The Kier molecular flexibility index (Phi) is 12.5. The highest BCUT2D eigenvalue weighted by atomic mass is 32.2. The van der Waals surface area contributed by atoms with Gasteiger partial charge < -0.3 is 5.32 Å². The molecule has 0 rings (SSSR count). The van der Waals surface area contributed by atoms with E-state index in [0.29, 0.717) is 25.2 Å². The molecule has 0 aromatic carbocycles. The molecule has 0 heterocycles. The number of carbonyl (C=O) groups excluding carboxylic acids is 1. The quantitative estimate of drug-likeness (QED) is 0.388. The largest absolute Gasteiger partial charge is 0.322 e. The Morgan fingerprint density at radius 2 is 1.79 bits per heavy atom. The van der Waals surface area contributed by atoms with E-state index in [4.69, 9.17) is 0 Å². The van der Waals surface area contributed by atoms with Gasteiger partial charge in [0.1, 0.15) is 0 Å². The summed E-state index contributed by atoms with van der Waals surface area (Å²) in [5.74, 6) is -0.423. The van der Waals surface area contributed by atoms with Crippen LogP contribution in [0.3, 0.4) is 0 Å². The minimum atomic E-state index is -3.68. The van der Waals surface area contributed by atoms with Gasteiger partial charge in [-0.15, -0.1) is 0 Å². The second kappa shape index (κ2) is 13.7. The molecule has 0 bridgehead atoms. The average molecular weight is 405 g/mol. The summed E-state index contributed by atoms with van der Waals surface area (Å²) in [6.07, 6.45) is 15.0. The van der Waals surface area contributed by atoms with E-state index in [0.717, 1.165) is 0 Å². The third-order valence-corrected chi connectivity index (χ3v) is 5.69. The summed E-state index contributed by atoms with van der Waals surface area (Å²) >= 11 is 0. The van der Waals surface area contributed by atoms with Crippen LogP contribution < -0.4 is 5.32 Å². The van der Waals surface area contributed by atoms with Crippen LogP contribution in [0.4, 0.5) is 0 Å². The van der Waals surface area contributed by atoms with Crippen LogP contribution in [0.15, 0.2) is 84.0 Å². The molecular formula is C22H32N2O3S. The molecule has 0 aromatic heterocycles. The van der Waals surface area contributed by atoms with E-state index in [2.05, 4.69) is 18.5 Å². The summed E-state index contributed by atoms with van der Waals surface area (Å²) in [6.45, 7) is 15.1. The van der Waals surface area contributed by atoms with E-state index in [-0.39, 0.29) is 10.5 Å². The lowest BCUT2D eigenvalue weighted by molar-refractivity contribution is -0.116. The van der Waals surface area contributed by atoms with Crippen LogP contribution >= 0.6 is 0 Å². The van der Waals surface area contributed by atoms with E-state index in [1.54, 1.807) is 63.3 Å². The highest BCUT2D eigenvalue weighted by molar-refractivity contribution is 7.93. The topological polar surface area (TPSA) is 66.5 Å². The summed E-state index contributed by atoms with van der Waals surface area (Å²) in [5, 5.41) is 2.75. The Labute approximate surface area is 170 Å². The van der Waals surface area contributed by atoms with E-state index < -0.39 is 15.9 Å². The molecule has 0 aliphatic heterocycles. The SMILES string of the molecule is C=C/C=C\C(=C/C=C)NC(=O)C(/C=C\C)=C/C(=C\C)S(=O)(=O)N(CC)CCC. The lowest BCUT2D eigenvalue weighted by Crippen LogP contribution is -2.32. The first-order valence-corrected chi connectivity index (χ1v) is 10.7. The number of nitrogens with one attached hydrogen (secondary N) is 1. The van der Waals surface area contributed by atoms with Crippen molar-refractivity contribution in [1.82, 2.24) is 9.62 Å². The van der Waals surface area contributed by atoms with Crippen LogP contribution in [0.2, 0.25) is 0 Å². The Hall–Kier alpha value is -2.44. The van der Waals surface area contributed by atoms with Crippen molar-refractivity contribution >= 4 is 15.9 Å². The molecule has 0 unspecified atom stereocenters. The van der Waals surface area contributed by atoms with Crippen LogP contribution in [-0.2, 0) is 14.8 Å². The van der Waals surface area contributed by atoms with Crippen molar-refractivity contribution in [3.8, 4) is 0 Å². The minimum absolute atomic E-state index is 0.0851. The predicted molar refractivity (Wildman–Crippen MR) is 119 cm³/mol. The van der Waals surface area contributed by atoms with Gasteiger partial charge in [-0.2, -0.15) is 4.31 Å². The fourth-order valence-electron chi connectivity index (χ4n) is 2.32. The molecule has 0 spiro atoms. The van der Waals surface area contributed by atoms with E-state index >= 15 is 0 Å². The van der Waals surface area contributed by atoms with Crippen molar-refractivity contribution in [3.63, 3.8) is 0 Å². The van der Waals surface area contributed by atoms with Gasteiger partial charge in [-0.3, -0.25) is 4.79 Å². The Morgan fingerprint density at radius 1 is 1.11 bits per heavy atom. The fraction of sp³-hybridized carbons (Fsp3) is 0.318. The molecule has 0 saturated carbocycles. The van der Waals surface area contributed by atoms with Gasteiger partial charge >= 0.3 is 0 Å². The van der Waals surface area contributed by atoms with Crippen LogP contribution in [0, 0.1) is 0 Å². The van der Waals surface area contributed by atoms with Crippen molar-refractivity contribution in [3.05, 3.63) is 84.0 Å². The molecule has 5 nitrogen and oxygen atoms in total. The zero-order valence-corrected chi connectivity index (χ0v) is 18.1. The smallest absolute Gasteiger partial charge is 0.255 e. The zero-order chi connectivity index (χ0) is 21.6. The third-order valence-electron chi connectivity index (χ3n) is 3.62. The average Bonchev–Trinajstić information content (AvgIpc) is 2.66. The van der Waals surface area contributed by atoms with Crippen molar-refractivity contribution in [2.45, 2.75) is 34.1 Å². The number of hydrogen-bond donors (Lipinski definition) is 1. The molecule has 154 valence electrons. The highest BCUT2D eigenvalue weighted by Crippen LogP contribution is 2.18. The minimum Gasteiger partial charge on any atom is -0.322 e. The van der Waals surface area contributed by atoms with Crippen molar-refractivity contribution in [1.29, 1.82) is 0 Å². The molecular weight excluding hydrogens is 372 g/mol. The van der Waals surface area contributed by atoms with E-state index in [1.165, 1.54) is 16.5 Å². The van der Waals surface area contributed by atoms with Gasteiger partial charge in [0.25, 0.3) is 5.91 Å². The van der Waals surface area contributed by atoms with Crippen molar-refractivity contribution < 1.29 is 13.2 Å². The molecule has 1 N–H and O–H groups in total. The predicted octanol–water partition coefficient (Wildman–Crippen LogP) is 4.38. The highest BCUT2D eigenvalue weighted by Gasteiger charge is 2.24. The number of sulfonamides is 1. The first-order valence-electron chi connectivity index (χ1n) is 9.26. The van der Waals surface area contributed by atoms with Crippen LogP contribution in [0.5, 0.6) is 0 Å². The molecule has 0 saturated heterocycles. The lowest BCUT2D eigenvalue weighted by atomic mass is 10.2. The van der Waals surface area contributed by atoms with E-state index in [9.17, 15) is 13.2 Å². The van der Waals surface area contributed by atoms with Gasteiger partial charge in [0.2, 0.25) is 10.0 Å². The van der Waals surface area contributed by atoms with Gasteiger partial charge in [-0.25, -0.2) is 8.42 Å². The van der Waals surface area contributed by atoms with Gasteiger partial charge in [0.15, 0.2) is 0 Å². The Morgan fingerprint density at radius 3 is 2.25 bits per heavy atom. The fourth-order valence-corrected chi connectivity index (χ4v) is 3.95. The monoisotopic (exact) mass is 404 g/mol. The number of hydrogen-bond acceptors (Lipinski definition) is 3. The van der Waals surface area contributed by atoms with Crippen molar-refractivity contribution in [2.24, 2.45) is 0 Å². The van der Waals surface area contributed by atoms with Crippen LogP contribution in [0.25, 0.3) is 0 Å². The maximum atomic E-state index is 12.9. The summed E-state index contributed by atoms with van der Waals surface area (Å²) < 4.78 is 27.2. The van der Waals surface area contributed by atoms with Gasteiger partial charge in [0, 0.05) is 24.4 Å². The second-order valence-electron chi connectivity index (χ2n) is 5.69. The summed E-state index contributed by atoms with van der Waals surface area (Å²) in [5.41, 5.74) is 0.745. The maximum absolute atomic E-state index is 12.9. The standard InChI is InChI=1S/C22H32N2O3S/c1-7-13-16-20(15-9-3)23-22(25)19(14-8-2)18-21(11-5)28(26,27)24(12-6)17-10-4/h7-9,11,13-16,18H,1,3,10,12,17H2,2,4-6H3,(H,23,25)/b14-8-,16-13-,19-18+,20-15+,21-11+. The number of rotatable bonds is 12. The van der Waals surface area contributed by atoms with Crippen LogP contribution in [-0.4, -0.2) is 31.7 Å². The van der Waals surface area contributed by atoms with Crippen LogP contribution in [0.1, 0.15) is 34.1 Å². The molecule has 0 radical (unpaired) electrons. The number of nitrogens with zero attached hydrogens (tertiary/aromatic N) is 1. The molecule has 28 heavy (non-hydrogen) atoms. The maximum Gasteiger partial charge on any atom is 0.255 e. The number of carbonyl (C=O) groups is 1. The number of amides is 1. The Bertz CT molecular complexity index is 798. The molecule has 0 atom stereocenters. The molecule has 0 fully saturated rings. The second-order valence-corrected chi connectivity index (χ2v) is 7.63. The lowest BCUT2D eigenvalue weighted by Gasteiger charge is -2.20. The molecule has 0 aliphatic rings. The summed E-state index contributed by atoms with van der Waals surface area (Å²) in [7, 11) is -3.68. The first kappa shape index (κ1) is 25.6. The third kappa shape index (κ3) is 8.06. The summed E-state index contributed by atoms with van der Waals surface area (Å²) in [4.78, 5) is 12.8. The van der Waals surface area contributed by atoms with Gasteiger partial charge in [0.05, 0.1) is 4.91 Å². The normalized spacial score (nSPS) is 14.1. The molecule has 0 aromatic rings. The van der Waals surface area contributed by atoms with E-state index in [1.807, 2.05) is 6.92 Å². The van der Waals surface area contributed by atoms with Gasteiger partial charge in [-0.05, 0) is 38.5 Å².